The summed E-state index contributed by atoms with van der Waals surface area (Å²) in [7, 11) is 1.68. The van der Waals surface area contributed by atoms with Gasteiger partial charge in [-0.1, -0.05) is 17.7 Å². The number of anilines is 1. The molecule has 194 valence electrons. The van der Waals surface area contributed by atoms with Crippen LogP contribution in [0.3, 0.4) is 0 Å². The Kier molecular flexibility index (Phi) is 7.96. The number of aryl methyl sites for hydroxylation is 1. The molecule has 2 N–H and O–H groups in total. The van der Waals surface area contributed by atoms with Gasteiger partial charge in [0.1, 0.15) is 5.69 Å². The van der Waals surface area contributed by atoms with Gasteiger partial charge in [0.15, 0.2) is 11.6 Å². The Labute approximate surface area is 209 Å². The van der Waals surface area contributed by atoms with Crippen molar-refractivity contribution >= 4 is 40.1 Å². The minimum absolute atomic E-state index is 0.0736. The molecule has 0 aliphatic rings. The molecule has 2 heterocycles. The number of carboxylic acids is 1. The summed E-state index contributed by atoms with van der Waals surface area (Å²) in [5, 5.41) is 7.83. The molecule has 8 nitrogen and oxygen atoms in total. The number of amides is 1. The molecular weight excluding hydrogens is 527 g/mol. The normalized spacial score (nSPS) is 11.1. The van der Waals surface area contributed by atoms with Crippen molar-refractivity contribution in [2.75, 3.05) is 4.90 Å². The van der Waals surface area contributed by atoms with Gasteiger partial charge >= 0.3 is 12.1 Å². The van der Waals surface area contributed by atoms with E-state index < -0.39 is 35.2 Å². The fourth-order valence-electron chi connectivity index (χ4n) is 3.26. The van der Waals surface area contributed by atoms with Gasteiger partial charge in [-0.15, -0.1) is 0 Å². The maximum atomic E-state index is 14.3. The highest BCUT2D eigenvalue weighted by Gasteiger charge is 2.38. The maximum Gasteiger partial charge on any atom is 0.490 e. The summed E-state index contributed by atoms with van der Waals surface area (Å²) >= 11 is 6.11. The van der Waals surface area contributed by atoms with Gasteiger partial charge in [-0.25, -0.2) is 18.6 Å². The Morgan fingerprint density at radius 1 is 1.16 bits per heavy atom. The highest BCUT2D eigenvalue weighted by atomic mass is 35.5. The average molecular weight is 543 g/mol. The lowest BCUT2D eigenvalue weighted by Crippen LogP contribution is -2.32. The number of aliphatic carboxylic acids is 1. The number of H-pyrrole nitrogens is 1. The average Bonchev–Trinajstić information content (AvgIpc) is 3.25. The lowest BCUT2D eigenvalue weighted by atomic mass is 10.1. The van der Waals surface area contributed by atoms with Crippen molar-refractivity contribution in [3.63, 3.8) is 0 Å². The van der Waals surface area contributed by atoms with E-state index >= 15 is 0 Å². The summed E-state index contributed by atoms with van der Waals surface area (Å²) in [5.41, 5.74) is 0.270. The van der Waals surface area contributed by atoms with Crippen LogP contribution in [0.15, 0.2) is 59.8 Å². The van der Waals surface area contributed by atoms with Crippen LogP contribution < -0.4 is 10.5 Å². The first-order chi connectivity index (χ1) is 17.3. The van der Waals surface area contributed by atoms with Crippen LogP contribution in [0, 0.1) is 11.6 Å². The molecule has 1 amide bonds. The van der Waals surface area contributed by atoms with Gasteiger partial charge in [0.05, 0.1) is 24.6 Å². The van der Waals surface area contributed by atoms with E-state index in [2.05, 4.69) is 9.97 Å². The van der Waals surface area contributed by atoms with Gasteiger partial charge in [0.25, 0.3) is 5.91 Å². The van der Waals surface area contributed by atoms with Crippen LogP contribution in [0.5, 0.6) is 0 Å². The van der Waals surface area contributed by atoms with Crippen LogP contribution in [-0.4, -0.2) is 37.7 Å². The molecule has 14 heteroatoms. The van der Waals surface area contributed by atoms with Gasteiger partial charge < -0.3 is 19.6 Å². The van der Waals surface area contributed by atoms with Crippen molar-refractivity contribution in [2.24, 2.45) is 7.05 Å². The molecule has 37 heavy (non-hydrogen) atoms. The number of aromatic nitrogens is 3. The molecule has 2 aromatic carbocycles. The third kappa shape index (κ3) is 6.30. The number of nitrogens with one attached hydrogen (secondary N) is 1. The minimum atomic E-state index is -5.08. The van der Waals surface area contributed by atoms with Crippen molar-refractivity contribution in [1.82, 2.24) is 14.5 Å². The zero-order valence-corrected chi connectivity index (χ0v) is 19.4. The van der Waals surface area contributed by atoms with E-state index in [1.807, 2.05) is 0 Å². The number of alkyl halides is 3. The third-order valence-electron chi connectivity index (χ3n) is 4.97. The van der Waals surface area contributed by atoms with E-state index in [-0.39, 0.29) is 12.1 Å². The van der Waals surface area contributed by atoms with Crippen LogP contribution >= 0.6 is 11.6 Å². The first kappa shape index (κ1) is 27.3. The Morgan fingerprint density at radius 2 is 1.84 bits per heavy atom. The lowest BCUT2D eigenvalue weighted by molar-refractivity contribution is -0.192. The molecule has 0 radical (unpaired) electrons. The Balaban J connectivity index is 0.000000479. The number of halogens is 6. The van der Waals surface area contributed by atoms with E-state index in [9.17, 15) is 31.5 Å². The first-order valence-electron chi connectivity index (χ1n) is 10.1. The predicted molar refractivity (Wildman–Crippen MR) is 123 cm³/mol. The quantitative estimate of drug-likeness (QED) is 0.364. The Bertz CT molecular complexity index is 1530. The molecular formula is C23H16ClF5N4O4. The molecule has 0 saturated carbocycles. The number of carbonyl (C=O) groups excluding carboxylic acids is 1. The Morgan fingerprint density at radius 3 is 2.41 bits per heavy atom. The van der Waals surface area contributed by atoms with Gasteiger partial charge in [-0.05, 0) is 35.9 Å². The Hall–Kier alpha value is -4.26. The number of rotatable bonds is 4. The number of fused-ring (bicyclic) bond motifs is 1. The topological polar surface area (TPSA) is 108 Å². The third-order valence-corrected chi connectivity index (χ3v) is 5.20. The molecule has 0 fully saturated rings. The van der Waals surface area contributed by atoms with Crippen LogP contribution in [0.4, 0.5) is 27.6 Å². The number of carboxylic acid groups (broad SMARTS) is 1. The number of imidazole rings is 1. The molecule has 0 unspecified atom stereocenters. The minimum Gasteiger partial charge on any atom is -0.475 e. The van der Waals surface area contributed by atoms with E-state index in [4.69, 9.17) is 21.5 Å². The highest BCUT2D eigenvalue weighted by molar-refractivity contribution is 6.31. The predicted octanol–water partition coefficient (Wildman–Crippen LogP) is 4.67. The zero-order valence-electron chi connectivity index (χ0n) is 18.7. The van der Waals surface area contributed by atoms with Crippen LogP contribution in [0.1, 0.15) is 16.1 Å². The summed E-state index contributed by atoms with van der Waals surface area (Å²) in [6, 6.07) is 10.2. The number of pyridine rings is 1. The molecule has 0 aliphatic heterocycles. The van der Waals surface area contributed by atoms with Gasteiger partial charge in [-0.3, -0.25) is 9.59 Å². The highest BCUT2D eigenvalue weighted by Crippen LogP contribution is 2.27. The van der Waals surface area contributed by atoms with Crippen LogP contribution in [0.2, 0.25) is 5.02 Å². The second-order valence-electron chi connectivity index (χ2n) is 7.51. The molecule has 0 spiro atoms. The fourth-order valence-corrected chi connectivity index (χ4v) is 3.45. The van der Waals surface area contributed by atoms with E-state index in [1.165, 1.54) is 29.6 Å². The second kappa shape index (κ2) is 10.8. The molecule has 0 aliphatic carbocycles. The smallest absolute Gasteiger partial charge is 0.475 e. The van der Waals surface area contributed by atoms with Gasteiger partial charge in [0.2, 0.25) is 5.56 Å². The zero-order chi connectivity index (χ0) is 27.5. The molecule has 4 aromatic rings. The fraction of sp³-hybridized carbons (Fsp3) is 0.130. The SMILES string of the molecule is Cn1cncc1C(=O)N(Cc1cc(=O)[nH]c2c(F)c(F)ccc12)c1cccc(Cl)c1.O=C(O)C(F)(F)F. The maximum absolute atomic E-state index is 14.3. The van der Waals surface area contributed by atoms with Crippen molar-refractivity contribution in [1.29, 1.82) is 0 Å². The number of benzene rings is 2. The molecule has 0 bridgehead atoms. The van der Waals surface area contributed by atoms with E-state index in [0.29, 0.717) is 27.4 Å². The second-order valence-corrected chi connectivity index (χ2v) is 7.94. The van der Waals surface area contributed by atoms with Gasteiger partial charge in [-0.2, -0.15) is 13.2 Å². The lowest BCUT2D eigenvalue weighted by Gasteiger charge is -2.24. The van der Waals surface area contributed by atoms with Crippen molar-refractivity contribution in [3.8, 4) is 0 Å². The van der Waals surface area contributed by atoms with Crippen molar-refractivity contribution in [2.45, 2.75) is 12.7 Å². The molecule has 4 rings (SSSR count). The standard InChI is InChI=1S/C21H15ClF2N4O2.C2HF3O2/c1-27-11-25-9-17(27)21(30)28(14-4-2-3-13(22)8-14)10-12-7-18(29)26-20-15(12)5-6-16(23)19(20)24;3-2(4,5)1(6)7/h2-9,11H,10H2,1H3,(H,26,29);(H,6,7). The van der Waals surface area contributed by atoms with E-state index in [1.54, 1.807) is 35.9 Å². The number of aromatic amines is 1. The van der Waals surface area contributed by atoms with Crippen molar-refractivity contribution < 1.29 is 36.6 Å². The molecule has 0 saturated heterocycles. The summed E-state index contributed by atoms with van der Waals surface area (Å²) in [5.74, 6) is -5.38. The van der Waals surface area contributed by atoms with Gasteiger partial charge in [0, 0.05) is 29.2 Å². The monoisotopic (exact) mass is 542 g/mol. The van der Waals surface area contributed by atoms with Crippen LogP contribution in [0.25, 0.3) is 10.9 Å². The number of hydrogen-bond donors (Lipinski definition) is 2. The van der Waals surface area contributed by atoms with E-state index in [0.717, 1.165) is 6.07 Å². The molecule has 0 atom stereocenters. The number of nitrogens with zero attached hydrogens (tertiary/aromatic N) is 3. The first-order valence-corrected chi connectivity index (χ1v) is 10.5. The largest absolute Gasteiger partial charge is 0.490 e. The summed E-state index contributed by atoms with van der Waals surface area (Å²) in [6.07, 6.45) is -2.17. The van der Waals surface area contributed by atoms with Crippen molar-refractivity contribution in [3.05, 3.63) is 93.3 Å². The summed E-state index contributed by atoms with van der Waals surface area (Å²) < 4.78 is 61.2. The number of carbonyl (C=O) groups is 2. The van der Waals surface area contributed by atoms with Crippen LogP contribution in [-0.2, 0) is 18.4 Å². The summed E-state index contributed by atoms with van der Waals surface area (Å²) in [4.78, 5) is 42.0. The molecule has 2 aromatic heterocycles. The number of hydrogen-bond acceptors (Lipinski definition) is 4. The summed E-state index contributed by atoms with van der Waals surface area (Å²) in [6.45, 7) is -0.0736.